The molecule has 226 valence electrons. The van der Waals surface area contributed by atoms with Crippen molar-refractivity contribution in [3.8, 4) is 0 Å². The first-order chi connectivity index (χ1) is 18.9. The standard InChI is InChI=1S/C30H50N4O5S/c1-8-10-11-22(9-2)20-37-25(35)12-17-40-24-19-31-23(18-32-24)34-15-13-30(14-16-34)21-38-29(6,7)26(30)33-27(36)39-28(3,4)5/h18-19,22,26H,8-17,20-21H2,1-7H3,(H,33,36)/t22?,26-/m1/s1. The molecule has 9 nitrogen and oxygen atoms in total. The Kier molecular flexibility index (Phi) is 11.5. The van der Waals surface area contributed by atoms with Gasteiger partial charge in [0.15, 0.2) is 0 Å². The summed E-state index contributed by atoms with van der Waals surface area (Å²) in [5.74, 6) is 1.77. The zero-order valence-corrected chi connectivity index (χ0v) is 26.4. The summed E-state index contributed by atoms with van der Waals surface area (Å²) in [4.78, 5) is 36.3. The van der Waals surface area contributed by atoms with Crippen molar-refractivity contribution in [2.75, 3.05) is 37.0 Å². The van der Waals surface area contributed by atoms with E-state index in [4.69, 9.17) is 14.2 Å². The van der Waals surface area contributed by atoms with Crippen molar-refractivity contribution in [2.45, 2.75) is 116 Å². The van der Waals surface area contributed by atoms with Gasteiger partial charge < -0.3 is 24.4 Å². The number of hydrogen-bond acceptors (Lipinski definition) is 9. The van der Waals surface area contributed by atoms with Crippen LogP contribution in [-0.2, 0) is 19.0 Å². The molecular formula is C30H50N4O5S. The number of carbonyl (C=O) groups is 2. The molecule has 1 aromatic rings. The number of nitrogens with one attached hydrogen (secondary N) is 1. The Bertz CT molecular complexity index is 958. The van der Waals surface area contributed by atoms with E-state index in [0.29, 0.717) is 31.3 Å². The van der Waals surface area contributed by atoms with Crippen LogP contribution in [0.3, 0.4) is 0 Å². The van der Waals surface area contributed by atoms with E-state index in [1.54, 1.807) is 6.20 Å². The number of unbranched alkanes of at least 4 members (excludes halogenated alkanes) is 1. The SMILES string of the molecule is CCCCC(CC)COC(=O)CCSc1cnc(N2CCC3(CC2)COC(C)(C)[C@H]3NC(=O)OC(C)(C)C)cn1. The van der Waals surface area contributed by atoms with E-state index >= 15 is 0 Å². The van der Waals surface area contributed by atoms with Gasteiger partial charge in [0.2, 0.25) is 0 Å². The van der Waals surface area contributed by atoms with Crippen LogP contribution in [0.5, 0.6) is 0 Å². The van der Waals surface area contributed by atoms with Gasteiger partial charge in [-0.1, -0.05) is 33.1 Å². The van der Waals surface area contributed by atoms with Crippen LogP contribution >= 0.6 is 11.8 Å². The van der Waals surface area contributed by atoms with Crippen LogP contribution in [0.25, 0.3) is 0 Å². The van der Waals surface area contributed by atoms with Gasteiger partial charge in [-0.3, -0.25) is 4.79 Å². The molecule has 2 aliphatic rings. The molecule has 3 rings (SSSR count). The minimum Gasteiger partial charge on any atom is -0.465 e. The number of rotatable bonds is 12. The minimum absolute atomic E-state index is 0.141. The Morgan fingerprint density at radius 1 is 1.20 bits per heavy atom. The third-order valence-corrected chi connectivity index (χ3v) is 8.89. The van der Waals surface area contributed by atoms with Crippen molar-refractivity contribution in [3.05, 3.63) is 12.4 Å². The van der Waals surface area contributed by atoms with Crippen molar-refractivity contribution >= 4 is 29.6 Å². The number of aromatic nitrogens is 2. The molecule has 2 aliphatic heterocycles. The van der Waals surface area contributed by atoms with Gasteiger partial charge in [-0.2, -0.15) is 0 Å². The van der Waals surface area contributed by atoms with Crippen LogP contribution < -0.4 is 10.2 Å². The molecule has 2 fully saturated rings. The van der Waals surface area contributed by atoms with E-state index in [0.717, 1.165) is 49.6 Å². The third-order valence-electron chi connectivity index (χ3n) is 7.98. The van der Waals surface area contributed by atoms with Crippen LogP contribution in [0.1, 0.15) is 93.4 Å². The Hall–Kier alpha value is -2.07. The maximum Gasteiger partial charge on any atom is 0.407 e. The summed E-state index contributed by atoms with van der Waals surface area (Å²) in [6, 6.07) is -0.141. The van der Waals surface area contributed by atoms with Gasteiger partial charge in [-0.15, -0.1) is 11.8 Å². The zero-order chi connectivity index (χ0) is 29.4. The Labute approximate surface area is 244 Å². The lowest BCUT2D eigenvalue weighted by Gasteiger charge is -2.44. The minimum atomic E-state index is -0.553. The average Bonchev–Trinajstić information content (AvgIpc) is 3.13. The van der Waals surface area contributed by atoms with Gasteiger partial charge in [0.25, 0.3) is 0 Å². The molecule has 1 aromatic heterocycles. The van der Waals surface area contributed by atoms with Crippen molar-refractivity contribution < 1.29 is 23.8 Å². The first-order valence-corrected chi connectivity index (χ1v) is 15.8. The summed E-state index contributed by atoms with van der Waals surface area (Å²) in [6.07, 6.45) is 9.79. The molecule has 0 radical (unpaired) electrons. The fraction of sp³-hybridized carbons (Fsp3) is 0.800. The van der Waals surface area contributed by atoms with Crippen molar-refractivity contribution in [2.24, 2.45) is 11.3 Å². The number of nitrogens with zero attached hydrogens (tertiary/aromatic N) is 3. The number of anilines is 1. The molecule has 0 aliphatic carbocycles. The number of ether oxygens (including phenoxy) is 3. The first-order valence-electron chi connectivity index (χ1n) is 14.9. The van der Waals surface area contributed by atoms with Crippen molar-refractivity contribution in [1.82, 2.24) is 15.3 Å². The normalized spacial score (nSPS) is 20.8. The summed E-state index contributed by atoms with van der Waals surface area (Å²) in [5, 5.41) is 3.93. The van der Waals surface area contributed by atoms with Crippen LogP contribution in [0, 0.1) is 11.3 Å². The first kappa shape index (κ1) is 32.4. The number of piperidine rings is 1. The molecule has 3 heterocycles. The van der Waals surface area contributed by atoms with Crippen LogP contribution in [0.4, 0.5) is 10.6 Å². The van der Waals surface area contributed by atoms with Crippen LogP contribution in [0.15, 0.2) is 17.4 Å². The van der Waals surface area contributed by atoms with Gasteiger partial charge in [0.05, 0.1) is 43.7 Å². The number of amides is 1. The molecule has 0 saturated carbocycles. The lowest BCUT2D eigenvalue weighted by molar-refractivity contribution is -0.144. The predicted octanol–water partition coefficient (Wildman–Crippen LogP) is 6.01. The zero-order valence-electron chi connectivity index (χ0n) is 25.6. The van der Waals surface area contributed by atoms with E-state index < -0.39 is 17.3 Å². The molecule has 10 heteroatoms. The smallest absolute Gasteiger partial charge is 0.407 e. The lowest BCUT2D eigenvalue weighted by atomic mass is 9.70. The number of carbonyl (C=O) groups excluding carboxylic acids is 2. The Balaban J connectivity index is 1.46. The maximum atomic E-state index is 12.6. The highest BCUT2D eigenvalue weighted by Gasteiger charge is 2.55. The Morgan fingerprint density at radius 3 is 2.52 bits per heavy atom. The van der Waals surface area contributed by atoms with E-state index in [1.807, 2.05) is 40.8 Å². The number of alkyl carbamates (subject to hydrolysis) is 1. The largest absolute Gasteiger partial charge is 0.465 e. The van der Waals surface area contributed by atoms with Crippen LogP contribution in [0.2, 0.25) is 0 Å². The molecule has 1 amide bonds. The molecule has 2 saturated heterocycles. The molecule has 2 atom stereocenters. The summed E-state index contributed by atoms with van der Waals surface area (Å²) >= 11 is 1.52. The van der Waals surface area contributed by atoms with E-state index in [2.05, 4.69) is 34.0 Å². The molecule has 40 heavy (non-hydrogen) atoms. The van der Waals surface area contributed by atoms with Crippen molar-refractivity contribution in [3.63, 3.8) is 0 Å². The fourth-order valence-corrected chi connectivity index (χ4v) is 6.30. The summed E-state index contributed by atoms with van der Waals surface area (Å²) in [7, 11) is 0. The molecule has 1 spiro atoms. The second kappa shape index (κ2) is 14.2. The molecule has 1 N–H and O–H groups in total. The number of hydrogen-bond donors (Lipinski definition) is 1. The van der Waals surface area contributed by atoms with E-state index in [9.17, 15) is 9.59 Å². The quantitative estimate of drug-likeness (QED) is 0.236. The topological polar surface area (TPSA) is 103 Å². The van der Waals surface area contributed by atoms with Gasteiger partial charge in [-0.25, -0.2) is 14.8 Å². The van der Waals surface area contributed by atoms with E-state index in [-0.39, 0.29) is 17.4 Å². The van der Waals surface area contributed by atoms with Gasteiger partial charge >= 0.3 is 12.1 Å². The van der Waals surface area contributed by atoms with E-state index in [1.165, 1.54) is 24.6 Å². The monoisotopic (exact) mass is 578 g/mol. The highest BCUT2D eigenvalue weighted by molar-refractivity contribution is 7.99. The highest BCUT2D eigenvalue weighted by atomic mass is 32.2. The highest BCUT2D eigenvalue weighted by Crippen LogP contribution is 2.47. The second-order valence-electron chi connectivity index (χ2n) is 12.7. The number of esters is 1. The molecule has 1 unspecified atom stereocenters. The van der Waals surface area contributed by atoms with Gasteiger partial charge in [0.1, 0.15) is 16.4 Å². The summed E-state index contributed by atoms with van der Waals surface area (Å²) in [6.45, 7) is 16.7. The number of thioether (sulfide) groups is 1. The maximum absolute atomic E-state index is 12.6. The van der Waals surface area contributed by atoms with Crippen LogP contribution in [-0.4, -0.2) is 71.3 Å². The Morgan fingerprint density at radius 2 is 1.93 bits per heavy atom. The second-order valence-corrected chi connectivity index (χ2v) is 13.8. The third kappa shape index (κ3) is 9.23. The lowest BCUT2D eigenvalue weighted by Crippen LogP contribution is -2.58. The van der Waals surface area contributed by atoms with Gasteiger partial charge in [0, 0.05) is 24.3 Å². The summed E-state index contributed by atoms with van der Waals surface area (Å²) in [5.41, 5.74) is -1.18. The molecule has 0 bridgehead atoms. The predicted molar refractivity (Wildman–Crippen MR) is 159 cm³/mol. The molecule has 0 aromatic carbocycles. The molecular weight excluding hydrogens is 528 g/mol. The summed E-state index contributed by atoms with van der Waals surface area (Å²) < 4.78 is 17.2. The van der Waals surface area contributed by atoms with Crippen molar-refractivity contribution in [1.29, 1.82) is 0 Å². The fourth-order valence-electron chi connectivity index (χ4n) is 5.57. The average molecular weight is 579 g/mol. The van der Waals surface area contributed by atoms with Gasteiger partial charge in [-0.05, 0) is 59.8 Å².